The Hall–Kier alpha value is -2.33. The minimum atomic E-state index is -1.03. The maximum Gasteiger partial charge on any atom is 0.326 e. The molecule has 1 aromatic rings. The molecular formula is C12H14N4O3. The summed E-state index contributed by atoms with van der Waals surface area (Å²) >= 11 is 0. The van der Waals surface area contributed by atoms with Gasteiger partial charge in [0.2, 0.25) is 5.91 Å². The van der Waals surface area contributed by atoms with E-state index < -0.39 is 12.0 Å². The van der Waals surface area contributed by atoms with Crippen LogP contribution in [0.3, 0.4) is 0 Å². The van der Waals surface area contributed by atoms with Crippen molar-refractivity contribution in [2.45, 2.75) is 19.0 Å². The van der Waals surface area contributed by atoms with Gasteiger partial charge in [-0.25, -0.2) is 9.78 Å². The summed E-state index contributed by atoms with van der Waals surface area (Å²) in [5, 5.41) is 12.0. The maximum absolute atomic E-state index is 12.0. The predicted molar refractivity (Wildman–Crippen MR) is 66.0 cm³/mol. The van der Waals surface area contributed by atoms with Crippen LogP contribution in [0.2, 0.25) is 0 Å². The summed E-state index contributed by atoms with van der Waals surface area (Å²) < 4.78 is 0. The number of nitrogens with zero attached hydrogens (tertiary/aromatic N) is 2. The van der Waals surface area contributed by atoms with E-state index in [9.17, 15) is 14.7 Å². The van der Waals surface area contributed by atoms with Crippen LogP contribution in [0.5, 0.6) is 0 Å². The normalized spacial score (nSPS) is 17.6. The highest BCUT2D eigenvalue weighted by Gasteiger charge is 2.35. The van der Waals surface area contributed by atoms with E-state index in [2.05, 4.69) is 21.2 Å². The summed E-state index contributed by atoms with van der Waals surface area (Å²) in [6.45, 7) is 0.521. The minimum absolute atomic E-state index is 0.0252. The molecule has 0 saturated carbocycles. The van der Waals surface area contributed by atoms with Crippen molar-refractivity contribution in [2.24, 2.45) is 0 Å². The summed E-state index contributed by atoms with van der Waals surface area (Å²) in [4.78, 5) is 31.6. The number of carbonyl (C=O) groups excluding carboxylic acids is 1. The number of carbonyl (C=O) groups is 2. The number of aromatic amines is 1. The van der Waals surface area contributed by atoms with Gasteiger partial charge in [-0.3, -0.25) is 10.1 Å². The number of nitrogens with one attached hydrogen (secondary N) is 2. The second-order valence-electron chi connectivity index (χ2n) is 4.22. The van der Waals surface area contributed by atoms with Crippen LogP contribution in [0.15, 0.2) is 6.33 Å². The Balaban J connectivity index is 2.11. The summed E-state index contributed by atoms with van der Waals surface area (Å²) in [5.74, 6) is 1.04. The molecule has 1 atom stereocenters. The van der Waals surface area contributed by atoms with E-state index in [-0.39, 0.29) is 32.0 Å². The van der Waals surface area contributed by atoms with E-state index in [0.29, 0.717) is 5.69 Å². The highest BCUT2D eigenvalue weighted by atomic mass is 16.4. The van der Waals surface area contributed by atoms with Gasteiger partial charge in [0.1, 0.15) is 6.04 Å². The third-order valence-corrected chi connectivity index (χ3v) is 3.01. The molecule has 0 fully saturated rings. The summed E-state index contributed by atoms with van der Waals surface area (Å²) in [5.41, 5.74) is 1.48. The van der Waals surface area contributed by atoms with Gasteiger partial charge in [-0.05, 0) is 0 Å². The van der Waals surface area contributed by atoms with E-state index in [4.69, 9.17) is 6.42 Å². The lowest BCUT2D eigenvalue weighted by Crippen LogP contribution is -2.51. The highest BCUT2D eigenvalue weighted by Crippen LogP contribution is 2.20. The fraction of sp³-hybridized carbons (Fsp3) is 0.417. The monoisotopic (exact) mass is 262 g/mol. The first kappa shape index (κ1) is 13.1. The summed E-state index contributed by atoms with van der Waals surface area (Å²) in [6.07, 6.45) is 6.80. The molecule has 19 heavy (non-hydrogen) atoms. The van der Waals surface area contributed by atoms with Crippen molar-refractivity contribution >= 4 is 11.9 Å². The van der Waals surface area contributed by atoms with Crippen LogP contribution in [0, 0.1) is 12.3 Å². The molecule has 7 heteroatoms. The van der Waals surface area contributed by atoms with Gasteiger partial charge >= 0.3 is 5.97 Å². The van der Waals surface area contributed by atoms with Crippen molar-refractivity contribution in [3.8, 4) is 12.3 Å². The molecule has 3 N–H and O–H groups in total. The SMILES string of the molecule is C#CCNCC(=O)N1Cc2[nH]cnc2CC1C(=O)O. The van der Waals surface area contributed by atoms with Crippen molar-refractivity contribution in [3.63, 3.8) is 0 Å². The Kier molecular flexibility index (Phi) is 3.82. The largest absolute Gasteiger partial charge is 0.480 e. The molecule has 1 aliphatic heterocycles. The van der Waals surface area contributed by atoms with E-state index in [1.807, 2.05) is 0 Å². The Labute approximate surface area is 110 Å². The molecule has 0 radical (unpaired) electrons. The Bertz CT molecular complexity index is 531. The molecule has 0 bridgehead atoms. The van der Waals surface area contributed by atoms with E-state index in [1.54, 1.807) is 0 Å². The molecule has 0 saturated heterocycles. The van der Waals surface area contributed by atoms with Gasteiger partial charge in [-0.2, -0.15) is 0 Å². The fourth-order valence-electron chi connectivity index (χ4n) is 2.06. The number of aliphatic carboxylic acids is 1. The zero-order chi connectivity index (χ0) is 13.8. The molecule has 2 heterocycles. The zero-order valence-corrected chi connectivity index (χ0v) is 10.2. The lowest BCUT2D eigenvalue weighted by Gasteiger charge is -2.32. The Morgan fingerprint density at radius 2 is 2.47 bits per heavy atom. The zero-order valence-electron chi connectivity index (χ0n) is 10.2. The smallest absolute Gasteiger partial charge is 0.326 e. The van der Waals surface area contributed by atoms with Crippen LogP contribution >= 0.6 is 0 Å². The van der Waals surface area contributed by atoms with Crippen LogP contribution in [0.4, 0.5) is 0 Å². The number of amides is 1. The van der Waals surface area contributed by atoms with E-state index in [0.717, 1.165) is 5.69 Å². The third kappa shape index (κ3) is 2.74. The van der Waals surface area contributed by atoms with Crippen molar-refractivity contribution in [2.75, 3.05) is 13.1 Å². The molecule has 2 rings (SSSR count). The van der Waals surface area contributed by atoms with Gasteiger partial charge in [0.05, 0.1) is 37.3 Å². The second-order valence-corrected chi connectivity index (χ2v) is 4.22. The molecule has 1 aliphatic rings. The van der Waals surface area contributed by atoms with Gasteiger partial charge in [-0.15, -0.1) is 6.42 Å². The van der Waals surface area contributed by atoms with Gasteiger partial charge in [0.25, 0.3) is 0 Å². The number of rotatable bonds is 4. The second kappa shape index (κ2) is 5.54. The number of fused-ring (bicyclic) bond motifs is 1. The number of H-pyrrole nitrogens is 1. The summed E-state index contributed by atoms with van der Waals surface area (Å²) in [7, 11) is 0. The average molecular weight is 262 g/mol. The maximum atomic E-state index is 12.0. The van der Waals surface area contributed by atoms with Gasteiger partial charge in [-0.1, -0.05) is 5.92 Å². The standard InChI is InChI=1S/C12H14N4O3/c1-2-3-13-5-11(17)16-6-9-8(14-7-15-9)4-10(16)12(18)19/h1,7,10,13H,3-6H2,(H,14,15)(H,18,19). The first-order valence-corrected chi connectivity index (χ1v) is 5.81. The Morgan fingerprint density at radius 3 is 3.16 bits per heavy atom. The minimum Gasteiger partial charge on any atom is -0.480 e. The fourth-order valence-corrected chi connectivity index (χ4v) is 2.06. The van der Waals surface area contributed by atoms with Gasteiger partial charge in [0, 0.05) is 6.42 Å². The first-order chi connectivity index (χ1) is 9.13. The van der Waals surface area contributed by atoms with Crippen LogP contribution in [-0.2, 0) is 22.6 Å². The van der Waals surface area contributed by atoms with Gasteiger partial charge in [0.15, 0.2) is 0 Å². The molecule has 7 nitrogen and oxygen atoms in total. The first-order valence-electron chi connectivity index (χ1n) is 5.81. The van der Waals surface area contributed by atoms with E-state index in [1.165, 1.54) is 11.2 Å². The van der Waals surface area contributed by atoms with Crippen molar-refractivity contribution in [1.29, 1.82) is 0 Å². The van der Waals surface area contributed by atoms with Gasteiger partial charge < -0.3 is 15.0 Å². The lowest BCUT2D eigenvalue weighted by molar-refractivity contribution is -0.151. The predicted octanol–water partition coefficient (Wildman–Crippen LogP) is -1.03. The molecule has 1 amide bonds. The molecule has 0 spiro atoms. The molecule has 0 aliphatic carbocycles. The highest BCUT2D eigenvalue weighted by molar-refractivity contribution is 5.85. The van der Waals surface area contributed by atoms with Crippen LogP contribution in [0.25, 0.3) is 0 Å². The van der Waals surface area contributed by atoms with Crippen molar-refractivity contribution < 1.29 is 14.7 Å². The number of carboxylic acid groups (broad SMARTS) is 1. The number of hydrogen-bond donors (Lipinski definition) is 3. The lowest BCUT2D eigenvalue weighted by atomic mass is 10.0. The van der Waals surface area contributed by atoms with Crippen molar-refractivity contribution in [3.05, 3.63) is 17.7 Å². The molecular weight excluding hydrogens is 248 g/mol. The number of aromatic nitrogens is 2. The molecule has 100 valence electrons. The van der Waals surface area contributed by atoms with Crippen molar-refractivity contribution in [1.82, 2.24) is 20.2 Å². The molecule has 1 unspecified atom stereocenters. The topological polar surface area (TPSA) is 98.3 Å². The quantitative estimate of drug-likeness (QED) is 0.476. The number of terminal acetylenes is 1. The molecule has 0 aromatic carbocycles. The average Bonchev–Trinajstić information content (AvgIpc) is 2.84. The third-order valence-electron chi connectivity index (χ3n) is 3.01. The Morgan fingerprint density at radius 1 is 1.68 bits per heavy atom. The molecule has 1 aromatic heterocycles. The number of imidazole rings is 1. The van der Waals surface area contributed by atoms with Crippen LogP contribution in [0.1, 0.15) is 11.4 Å². The van der Waals surface area contributed by atoms with E-state index >= 15 is 0 Å². The number of hydrogen-bond acceptors (Lipinski definition) is 4. The number of carboxylic acids is 1. The summed E-state index contributed by atoms with van der Waals surface area (Å²) in [6, 6.07) is -0.879. The van der Waals surface area contributed by atoms with Crippen LogP contribution in [-0.4, -0.2) is 51.0 Å². The van der Waals surface area contributed by atoms with Crippen LogP contribution < -0.4 is 5.32 Å².